The molecule has 0 bridgehead atoms. The Bertz CT molecular complexity index is 707. The Morgan fingerprint density at radius 3 is 2.57 bits per heavy atom. The second kappa shape index (κ2) is 6.27. The molecule has 1 heterocycles. The third-order valence-corrected chi connectivity index (χ3v) is 3.71. The molecule has 0 spiro atoms. The van der Waals surface area contributed by atoms with E-state index in [4.69, 9.17) is 4.74 Å². The van der Waals surface area contributed by atoms with Crippen molar-refractivity contribution in [3.63, 3.8) is 0 Å². The minimum atomic E-state index is -0.885. The van der Waals surface area contributed by atoms with Crippen molar-refractivity contribution in [2.24, 2.45) is 0 Å². The highest BCUT2D eigenvalue weighted by molar-refractivity contribution is 7.14. The zero-order chi connectivity index (χ0) is 15.4. The minimum absolute atomic E-state index is 0.169. The number of nitrogens with zero attached hydrogens (tertiary/aromatic N) is 1. The summed E-state index contributed by atoms with van der Waals surface area (Å²) in [6, 6.07) is 8.90. The number of carbonyl (C=O) groups is 2. The number of nitro benzene ring substituents is 1. The molecule has 2 aromatic rings. The lowest BCUT2D eigenvalue weighted by Gasteiger charge is -2.04. The van der Waals surface area contributed by atoms with E-state index in [2.05, 4.69) is 0 Å². The molecule has 21 heavy (non-hydrogen) atoms. The van der Waals surface area contributed by atoms with E-state index in [0.29, 0.717) is 4.88 Å². The van der Waals surface area contributed by atoms with E-state index in [1.54, 1.807) is 12.1 Å². The van der Waals surface area contributed by atoms with Crippen LogP contribution in [0.25, 0.3) is 0 Å². The number of para-hydroxylation sites is 1. The Labute approximate surface area is 124 Å². The fourth-order valence-corrected chi connectivity index (χ4v) is 2.46. The number of hydrogen-bond donors (Lipinski definition) is 0. The third kappa shape index (κ3) is 3.51. The second-order valence-electron chi connectivity index (χ2n) is 4.18. The maximum absolute atomic E-state index is 11.8. The molecular formula is C14H11NO5S. The number of benzene rings is 1. The summed E-state index contributed by atoms with van der Waals surface area (Å²) >= 11 is 1.30. The molecule has 0 aliphatic rings. The third-order valence-electron chi connectivity index (χ3n) is 2.67. The number of ether oxygens (including phenoxy) is 1. The van der Waals surface area contributed by atoms with E-state index in [0.717, 1.165) is 4.88 Å². The van der Waals surface area contributed by atoms with Gasteiger partial charge in [-0.25, -0.2) is 4.79 Å². The van der Waals surface area contributed by atoms with Crippen LogP contribution in [0.5, 0.6) is 0 Å². The SMILES string of the molecule is Cc1ccc(C(=O)COC(=O)c2ccccc2[N+](=O)[O-])s1. The van der Waals surface area contributed by atoms with Crippen molar-refractivity contribution in [1.29, 1.82) is 0 Å². The number of Topliss-reactive ketones (excluding diaryl/α,β-unsaturated/α-hetero) is 1. The van der Waals surface area contributed by atoms with Gasteiger partial charge in [-0.05, 0) is 25.1 Å². The van der Waals surface area contributed by atoms with Gasteiger partial charge in [-0.15, -0.1) is 11.3 Å². The molecule has 0 atom stereocenters. The van der Waals surface area contributed by atoms with Gasteiger partial charge >= 0.3 is 5.97 Å². The van der Waals surface area contributed by atoms with Gasteiger partial charge in [0.1, 0.15) is 5.56 Å². The fourth-order valence-electron chi connectivity index (χ4n) is 1.67. The van der Waals surface area contributed by atoms with E-state index in [1.807, 2.05) is 6.92 Å². The first-order valence-corrected chi connectivity index (χ1v) is 6.81. The Kier molecular flexibility index (Phi) is 4.44. The molecule has 0 amide bonds. The summed E-state index contributed by atoms with van der Waals surface area (Å²) in [5, 5.41) is 10.8. The van der Waals surface area contributed by atoms with Crippen LogP contribution < -0.4 is 0 Å². The summed E-state index contributed by atoms with van der Waals surface area (Å²) in [5.74, 6) is -1.22. The second-order valence-corrected chi connectivity index (χ2v) is 5.47. The molecule has 0 saturated heterocycles. The van der Waals surface area contributed by atoms with Gasteiger partial charge in [-0.3, -0.25) is 14.9 Å². The van der Waals surface area contributed by atoms with E-state index in [1.165, 1.54) is 35.6 Å². The van der Waals surface area contributed by atoms with Crippen LogP contribution in [0.15, 0.2) is 36.4 Å². The van der Waals surface area contributed by atoms with Crippen LogP contribution in [-0.4, -0.2) is 23.3 Å². The summed E-state index contributed by atoms with van der Waals surface area (Å²) in [7, 11) is 0. The highest BCUT2D eigenvalue weighted by atomic mass is 32.1. The molecule has 0 unspecified atom stereocenters. The lowest BCUT2D eigenvalue weighted by Crippen LogP contribution is -2.14. The molecule has 7 heteroatoms. The standard InChI is InChI=1S/C14H11NO5S/c1-9-6-7-13(21-9)12(16)8-20-14(17)10-4-2-3-5-11(10)15(18)19/h2-7H,8H2,1H3. The number of ketones is 1. The molecule has 1 aromatic heterocycles. The van der Waals surface area contributed by atoms with Crippen molar-refractivity contribution in [3.05, 3.63) is 61.8 Å². The van der Waals surface area contributed by atoms with Crippen LogP contribution in [0.1, 0.15) is 24.9 Å². The largest absolute Gasteiger partial charge is 0.453 e. The molecule has 0 N–H and O–H groups in total. The zero-order valence-electron chi connectivity index (χ0n) is 11.1. The molecule has 0 saturated carbocycles. The van der Waals surface area contributed by atoms with Gasteiger partial charge in [0.05, 0.1) is 9.80 Å². The van der Waals surface area contributed by atoms with Gasteiger partial charge in [0.25, 0.3) is 5.69 Å². The predicted molar refractivity (Wildman–Crippen MR) is 76.8 cm³/mol. The van der Waals surface area contributed by atoms with Gasteiger partial charge in [0.2, 0.25) is 5.78 Å². The van der Waals surface area contributed by atoms with E-state index in [-0.39, 0.29) is 17.0 Å². The van der Waals surface area contributed by atoms with Crippen molar-refractivity contribution >= 4 is 28.8 Å². The number of carbonyl (C=O) groups excluding carboxylic acids is 2. The first-order valence-electron chi connectivity index (χ1n) is 5.99. The highest BCUT2D eigenvalue weighted by Gasteiger charge is 2.21. The Morgan fingerprint density at radius 2 is 1.95 bits per heavy atom. The van der Waals surface area contributed by atoms with Crippen molar-refractivity contribution in [2.45, 2.75) is 6.92 Å². The number of thiophene rings is 1. The average molecular weight is 305 g/mol. The first-order chi connectivity index (χ1) is 9.99. The fraction of sp³-hybridized carbons (Fsp3) is 0.143. The van der Waals surface area contributed by atoms with Gasteiger partial charge in [-0.1, -0.05) is 12.1 Å². The lowest BCUT2D eigenvalue weighted by atomic mass is 10.2. The van der Waals surface area contributed by atoms with Crippen molar-refractivity contribution in [2.75, 3.05) is 6.61 Å². The Morgan fingerprint density at radius 1 is 1.24 bits per heavy atom. The molecule has 0 radical (unpaired) electrons. The van der Waals surface area contributed by atoms with Gasteiger partial charge in [0.15, 0.2) is 6.61 Å². The van der Waals surface area contributed by atoms with E-state index < -0.39 is 17.5 Å². The zero-order valence-corrected chi connectivity index (χ0v) is 11.9. The summed E-state index contributed by atoms with van der Waals surface area (Å²) in [5.41, 5.74) is -0.514. The van der Waals surface area contributed by atoms with Gasteiger partial charge in [-0.2, -0.15) is 0 Å². The predicted octanol–water partition coefficient (Wildman–Crippen LogP) is 3.00. The average Bonchev–Trinajstić information content (AvgIpc) is 2.91. The maximum Gasteiger partial charge on any atom is 0.345 e. The van der Waals surface area contributed by atoms with Crippen LogP contribution in [0.3, 0.4) is 0 Å². The summed E-state index contributed by atoms with van der Waals surface area (Å²) < 4.78 is 4.86. The van der Waals surface area contributed by atoms with Crippen molar-refractivity contribution in [1.82, 2.24) is 0 Å². The molecular weight excluding hydrogens is 294 g/mol. The van der Waals surface area contributed by atoms with E-state index >= 15 is 0 Å². The van der Waals surface area contributed by atoms with Crippen LogP contribution in [-0.2, 0) is 4.74 Å². The summed E-state index contributed by atoms with van der Waals surface area (Å²) in [4.78, 5) is 35.3. The number of rotatable bonds is 5. The minimum Gasteiger partial charge on any atom is -0.453 e. The van der Waals surface area contributed by atoms with Crippen LogP contribution in [0.2, 0.25) is 0 Å². The maximum atomic E-state index is 11.8. The first kappa shape index (κ1) is 14.9. The lowest BCUT2D eigenvalue weighted by molar-refractivity contribution is -0.385. The number of nitro groups is 1. The number of esters is 1. The van der Waals surface area contributed by atoms with Crippen molar-refractivity contribution in [3.8, 4) is 0 Å². The van der Waals surface area contributed by atoms with Crippen molar-refractivity contribution < 1.29 is 19.2 Å². The van der Waals surface area contributed by atoms with Gasteiger partial charge in [0, 0.05) is 10.9 Å². The van der Waals surface area contributed by atoms with Crippen LogP contribution >= 0.6 is 11.3 Å². The van der Waals surface area contributed by atoms with Crippen LogP contribution in [0, 0.1) is 17.0 Å². The Balaban J connectivity index is 2.06. The molecule has 2 rings (SSSR count). The highest BCUT2D eigenvalue weighted by Crippen LogP contribution is 2.19. The molecule has 108 valence electrons. The normalized spacial score (nSPS) is 10.1. The summed E-state index contributed by atoms with van der Waals surface area (Å²) in [6.45, 7) is 1.42. The molecule has 6 nitrogen and oxygen atoms in total. The molecule has 1 aromatic carbocycles. The monoisotopic (exact) mass is 305 g/mol. The quantitative estimate of drug-likeness (QED) is 0.367. The van der Waals surface area contributed by atoms with Gasteiger partial charge < -0.3 is 4.74 Å². The Hall–Kier alpha value is -2.54. The summed E-state index contributed by atoms with van der Waals surface area (Å²) in [6.07, 6.45) is 0. The molecule has 0 fully saturated rings. The number of aryl methyl sites for hydroxylation is 1. The van der Waals surface area contributed by atoms with E-state index in [9.17, 15) is 19.7 Å². The topological polar surface area (TPSA) is 86.5 Å². The van der Waals surface area contributed by atoms with Crippen LogP contribution in [0.4, 0.5) is 5.69 Å². The smallest absolute Gasteiger partial charge is 0.345 e. The number of hydrogen-bond acceptors (Lipinski definition) is 6. The molecule has 0 aliphatic heterocycles. The molecule has 0 aliphatic carbocycles.